The van der Waals surface area contributed by atoms with Crippen molar-refractivity contribution in [2.24, 2.45) is 0 Å². The quantitative estimate of drug-likeness (QED) is 0.789. The van der Waals surface area contributed by atoms with Gasteiger partial charge in [0.05, 0.1) is 0 Å². The molecule has 1 saturated heterocycles. The molecule has 0 radical (unpaired) electrons. The molecule has 0 aromatic heterocycles. The predicted octanol–water partition coefficient (Wildman–Crippen LogP) is 1.91. The lowest BCUT2D eigenvalue weighted by atomic mass is 10.1. The average Bonchev–Trinajstić information content (AvgIpc) is 2.53. The van der Waals surface area contributed by atoms with Crippen LogP contribution in [-0.4, -0.2) is 56.2 Å². The number of urea groups is 1. The zero-order valence-electron chi connectivity index (χ0n) is 13.7. The van der Waals surface area contributed by atoms with E-state index in [2.05, 4.69) is 57.7 Å². The SMILES string of the molecule is CCNC(=O)NCCCN1CCN(c2ccccc2)C(C)C1. The van der Waals surface area contributed by atoms with Gasteiger partial charge in [0.25, 0.3) is 0 Å². The fourth-order valence-electron chi connectivity index (χ4n) is 2.97. The maximum atomic E-state index is 11.3. The van der Waals surface area contributed by atoms with Crippen LogP contribution in [0.3, 0.4) is 0 Å². The van der Waals surface area contributed by atoms with Gasteiger partial charge in [-0.3, -0.25) is 4.90 Å². The minimum Gasteiger partial charge on any atom is -0.366 e. The highest BCUT2D eigenvalue weighted by Gasteiger charge is 2.23. The van der Waals surface area contributed by atoms with Gasteiger partial charge in [-0.15, -0.1) is 0 Å². The minimum atomic E-state index is -0.0650. The van der Waals surface area contributed by atoms with E-state index in [1.807, 2.05) is 6.92 Å². The van der Waals surface area contributed by atoms with Crippen LogP contribution >= 0.6 is 0 Å². The van der Waals surface area contributed by atoms with Crippen LogP contribution in [0.2, 0.25) is 0 Å². The number of hydrogen-bond acceptors (Lipinski definition) is 3. The third-order valence-electron chi connectivity index (χ3n) is 4.07. The van der Waals surface area contributed by atoms with E-state index in [4.69, 9.17) is 0 Å². The molecule has 22 heavy (non-hydrogen) atoms. The standard InChI is InChI=1S/C17H28N4O/c1-3-18-17(22)19-10-7-11-20-12-13-21(15(2)14-20)16-8-5-4-6-9-16/h4-6,8-9,15H,3,7,10-14H2,1-2H3,(H2,18,19,22). The number of carbonyl (C=O) groups excluding carboxylic acids is 1. The van der Waals surface area contributed by atoms with Crippen LogP contribution in [0, 0.1) is 0 Å². The van der Waals surface area contributed by atoms with Crippen molar-refractivity contribution < 1.29 is 4.79 Å². The first-order valence-electron chi connectivity index (χ1n) is 8.26. The molecule has 1 aliphatic heterocycles. The van der Waals surface area contributed by atoms with Gasteiger partial charge >= 0.3 is 6.03 Å². The van der Waals surface area contributed by atoms with E-state index < -0.39 is 0 Å². The fraction of sp³-hybridized carbons (Fsp3) is 0.588. The topological polar surface area (TPSA) is 47.6 Å². The van der Waals surface area contributed by atoms with Crippen molar-refractivity contribution in [3.63, 3.8) is 0 Å². The summed E-state index contributed by atoms with van der Waals surface area (Å²) in [5.41, 5.74) is 1.31. The molecular weight excluding hydrogens is 276 g/mol. The second-order valence-electron chi connectivity index (χ2n) is 5.82. The van der Waals surface area contributed by atoms with Crippen molar-refractivity contribution in [2.45, 2.75) is 26.3 Å². The van der Waals surface area contributed by atoms with Crippen LogP contribution in [0.5, 0.6) is 0 Å². The summed E-state index contributed by atoms with van der Waals surface area (Å²) in [6.07, 6.45) is 0.995. The van der Waals surface area contributed by atoms with E-state index in [9.17, 15) is 4.79 Å². The molecule has 1 unspecified atom stereocenters. The minimum absolute atomic E-state index is 0.0650. The summed E-state index contributed by atoms with van der Waals surface area (Å²) < 4.78 is 0. The third-order valence-corrected chi connectivity index (χ3v) is 4.07. The summed E-state index contributed by atoms with van der Waals surface area (Å²) in [5.74, 6) is 0. The summed E-state index contributed by atoms with van der Waals surface area (Å²) in [6.45, 7) is 9.88. The highest BCUT2D eigenvalue weighted by Crippen LogP contribution is 2.19. The summed E-state index contributed by atoms with van der Waals surface area (Å²) in [7, 11) is 0. The Bertz CT molecular complexity index is 451. The molecule has 5 nitrogen and oxygen atoms in total. The monoisotopic (exact) mass is 304 g/mol. The Labute approximate surface area is 133 Å². The maximum Gasteiger partial charge on any atom is 0.314 e. The highest BCUT2D eigenvalue weighted by atomic mass is 16.2. The molecule has 2 N–H and O–H groups in total. The molecule has 1 atom stereocenters. The van der Waals surface area contributed by atoms with Crippen LogP contribution in [0.15, 0.2) is 30.3 Å². The molecule has 0 spiro atoms. The molecular formula is C17H28N4O. The van der Waals surface area contributed by atoms with Gasteiger partial charge in [-0.25, -0.2) is 4.79 Å². The second-order valence-corrected chi connectivity index (χ2v) is 5.82. The summed E-state index contributed by atoms with van der Waals surface area (Å²) in [4.78, 5) is 16.3. The predicted molar refractivity (Wildman–Crippen MR) is 91.4 cm³/mol. The number of piperazine rings is 1. The lowest BCUT2D eigenvalue weighted by molar-refractivity contribution is 0.222. The Morgan fingerprint density at radius 1 is 1.23 bits per heavy atom. The Morgan fingerprint density at radius 2 is 2.00 bits per heavy atom. The average molecular weight is 304 g/mol. The van der Waals surface area contributed by atoms with Gasteiger partial charge in [0.1, 0.15) is 0 Å². The van der Waals surface area contributed by atoms with E-state index in [0.29, 0.717) is 12.6 Å². The Morgan fingerprint density at radius 3 is 2.68 bits per heavy atom. The van der Waals surface area contributed by atoms with Gasteiger partial charge in [0, 0.05) is 44.5 Å². The summed E-state index contributed by atoms with van der Waals surface area (Å²) in [5, 5.41) is 5.63. The van der Waals surface area contributed by atoms with Crippen molar-refractivity contribution in [1.29, 1.82) is 0 Å². The number of carbonyl (C=O) groups is 1. The van der Waals surface area contributed by atoms with Crippen molar-refractivity contribution in [3.05, 3.63) is 30.3 Å². The third kappa shape index (κ3) is 4.91. The van der Waals surface area contributed by atoms with Gasteiger partial charge < -0.3 is 15.5 Å². The van der Waals surface area contributed by atoms with Gasteiger partial charge in [-0.1, -0.05) is 18.2 Å². The van der Waals surface area contributed by atoms with Crippen LogP contribution in [-0.2, 0) is 0 Å². The van der Waals surface area contributed by atoms with Crippen molar-refractivity contribution in [2.75, 3.05) is 44.2 Å². The maximum absolute atomic E-state index is 11.3. The molecule has 1 fully saturated rings. The van der Waals surface area contributed by atoms with Crippen molar-refractivity contribution in [3.8, 4) is 0 Å². The van der Waals surface area contributed by atoms with E-state index in [0.717, 1.165) is 39.1 Å². The zero-order valence-corrected chi connectivity index (χ0v) is 13.7. The molecule has 1 aromatic carbocycles. The number of nitrogens with one attached hydrogen (secondary N) is 2. The molecule has 1 heterocycles. The van der Waals surface area contributed by atoms with Gasteiger partial charge in [0.15, 0.2) is 0 Å². The van der Waals surface area contributed by atoms with E-state index in [-0.39, 0.29) is 6.03 Å². The normalized spacial score (nSPS) is 19.0. The molecule has 0 aliphatic carbocycles. The first-order valence-corrected chi connectivity index (χ1v) is 8.26. The number of rotatable bonds is 6. The lowest BCUT2D eigenvalue weighted by Gasteiger charge is -2.41. The first-order chi connectivity index (χ1) is 10.7. The molecule has 1 aromatic rings. The number of nitrogens with zero attached hydrogens (tertiary/aromatic N) is 2. The fourth-order valence-corrected chi connectivity index (χ4v) is 2.97. The number of benzene rings is 1. The highest BCUT2D eigenvalue weighted by molar-refractivity contribution is 5.73. The number of anilines is 1. The van der Waals surface area contributed by atoms with Crippen molar-refractivity contribution in [1.82, 2.24) is 15.5 Å². The molecule has 2 rings (SSSR count). The number of hydrogen-bond donors (Lipinski definition) is 2. The lowest BCUT2D eigenvalue weighted by Crippen LogP contribution is -2.52. The van der Waals surface area contributed by atoms with E-state index in [1.54, 1.807) is 0 Å². The van der Waals surface area contributed by atoms with Crippen molar-refractivity contribution >= 4 is 11.7 Å². The van der Waals surface area contributed by atoms with Gasteiger partial charge in [-0.2, -0.15) is 0 Å². The first kappa shape index (κ1) is 16.6. The second kappa shape index (κ2) is 8.63. The largest absolute Gasteiger partial charge is 0.366 e. The Balaban J connectivity index is 1.69. The van der Waals surface area contributed by atoms with Crippen LogP contribution in [0.4, 0.5) is 10.5 Å². The van der Waals surface area contributed by atoms with Crippen LogP contribution < -0.4 is 15.5 Å². The molecule has 0 bridgehead atoms. The Hall–Kier alpha value is -1.75. The zero-order chi connectivity index (χ0) is 15.8. The van der Waals surface area contributed by atoms with Crippen LogP contribution in [0.1, 0.15) is 20.3 Å². The molecule has 2 amide bonds. The Kier molecular flexibility index (Phi) is 6.52. The smallest absolute Gasteiger partial charge is 0.314 e. The summed E-state index contributed by atoms with van der Waals surface area (Å²) in [6, 6.07) is 11.1. The van der Waals surface area contributed by atoms with E-state index in [1.165, 1.54) is 5.69 Å². The van der Waals surface area contributed by atoms with Gasteiger partial charge in [-0.05, 0) is 38.9 Å². The van der Waals surface area contributed by atoms with Gasteiger partial charge in [0.2, 0.25) is 0 Å². The number of para-hydroxylation sites is 1. The van der Waals surface area contributed by atoms with Crippen LogP contribution in [0.25, 0.3) is 0 Å². The molecule has 1 aliphatic rings. The molecule has 0 saturated carbocycles. The molecule has 5 heteroatoms. The number of amides is 2. The summed E-state index contributed by atoms with van der Waals surface area (Å²) >= 11 is 0. The van der Waals surface area contributed by atoms with E-state index >= 15 is 0 Å². The molecule has 122 valence electrons.